The van der Waals surface area contributed by atoms with E-state index in [1.54, 1.807) is 24.8 Å². The van der Waals surface area contributed by atoms with Gasteiger partial charge < -0.3 is 16.0 Å². The molecule has 0 spiro atoms. The minimum absolute atomic E-state index is 0.141. The van der Waals surface area contributed by atoms with Gasteiger partial charge in [0.2, 0.25) is 0 Å². The second-order valence-electron chi connectivity index (χ2n) is 9.76. The van der Waals surface area contributed by atoms with Crippen LogP contribution in [0.3, 0.4) is 0 Å². The molecule has 0 aliphatic rings. The number of carbonyl (C=O) groups excluding carboxylic acids is 1. The molecule has 2 aromatic carbocycles. The topological polar surface area (TPSA) is 113 Å². The SMILES string of the molecule is CCCC(N)(CCC)c1ccc(NC(=O)c2ccc(CN(Cc3cnccn3)Cc3ncc[nH]3)cc2)cc1. The van der Waals surface area contributed by atoms with E-state index < -0.39 is 0 Å². The Labute approximate surface area is 224 Å². The Morgan fingerprint density at radius 1 is 0.921 bits per heavy atom. The quantitative estimate of drug-likeness (QED) is 0.221. The van der Waals surface area contributed by atoms with E-state index in [0.29, 0.717) is 25.2 Å². The summed E-state index contributed by atoms with van der Waals surface area (Å²) in [6.45, 7) is 6.27. The summed E-state index contributed by atoms with van der Waals surface area (Å²) in [7, 11) is 0. The van der Waals surface area contributed by atoms with Crippen molar-refractivity contribution >= 4 is 11.6 Å². The van der Waals surface area contributed by atoms with E-state index >= 15 is 0 Å². The molecule has 0 fully saturated rings. The number of anilines is 1. The summed E-state index contributed by atoms with van der Waals surface area (Å²) in [6.07, 6.45) is 12.7. The number of hydrogen-bond donors (Lipinski definition) is 3. The van der Waals surface area contributed by atoms with E-state index in [9.17, 15) is 4.79 Å². The predicted molar refractivity (Wildman–Crippen MR) is 150 cm³/mol. The number of hydrogen-bond acceptors (Lipinski definition) is 6. The summed E-state index contributed by atoms with van der Waals surface area (Å²) < 4.78 is 0. The average Bonchev–Trinajstić information content (AvgIpc) is 3.43. The van der Waals surface area contributed by atoms with Gasteiger partial charge in [0.25, 0.3) is 5.91 Å². The number of nitrogens with two attached hydrogens (primary N) is 1. The predicted octanol–water partition coefficient (Wildman–Crippen LogP) is 5.41. The first kappa shape index (κ1) is 27.2. The Balaban J connectivity index is 1.39. The van der Waals surface area contributed by atoms with Crippen molar-refractivity contribution in [2.75, 3.05) is 5.32 Å². The van der Waals surface area contributed by atoms with Crippen molar-refractivity contribution in [1.82, 2.24) is 24.8 Å². The van der Waals surface area contributed by atoms with Crippen LogP contribution in [-0.2, 0) is 25.2 Å². The number of H-pyrrole nitrogens is 1. The highest BCUT2D eigenvalue weighted by Gasteiger charge is 2.25. The lowest BCUT2D eigenvalue weighted by Gasteiger charge is -2.29. The van der Waals surface area contributed by atoms with Gasteiger partial charge in [-0.3, -0.25) is 19.7 Å². The molecule has 0 saturated carbocycles. The third-order valence-corrected chi connectivity index (χ3v) is 6.66. The molecule has 198 valence electrons. The fourth-order valence-electron chi connectivity index (χ4n) is 4.82. The highest BCUT2D eigenvalue weighted by Crippen LogP contribution is 2.29. The molecule has 8 heteroatoms. The summed E-state index contributed by atoms with van der Waals surface area (Å²) >= 11 is 0. The molecule has 0 aliphatic heterocycles. The zero-order valence-electron chi connectivity index (χ0n) is 22.2. The summed E-state index contributed by atoms with van der Waals surface area (Å²) in [5, 5.41) is 3.01. The zero-order chi connectivity index (χ0) is 26.8. The van der Waals surface area contributed by atoms with Crippen LogP contribution in [0, 0.1) is 0 Å². The van der Waals surface area contributed by atoms with Crippen molar-refractivity contribution in [2.24, 2.45) is 5.73 Å². The van der Waals surface area contributed by atoms with Gasteiger partial charge in [0.05, 0.1) is 12.2 Å². The average molecular weight is 512 g/mol. The number of rotatable bonds is 13. The Hall–Kier alpha value is -3.88. The third-order valence-electron chi connectivity index (χ3n) is 6.66. The zero-order valence-corrected chi connectivity index (χ0v) is 22.2. The second-order valence-corrected chi connectivity index (χ2v) is 9.76. The maximum atomic E-state index is 12.9. The van der Waals surface area contributed by atoms with E-state index in [1.165, 1.54) is 0 Å². The highest BCUT2D eigenvalue weighted by atomic mass is 16.1. The molecule has 0 unspecified atom stereocenters. The molecular formula is C30H37N7O. The molecular weight excluding hydrogens is 474 g/mol. The van der Waals surface area contributed by atoms with Crippen LogP contribution in [0.5, 0.6) is 0 Å². The van der Waals surface area contributed by atoms with Crippen molar-refractivity contribution in [3.63, 3.8) is 0 Å². The van der Waals surface area contributed by atoms with E-state index in [4.69, 9.17) is 5.73 Å². The van der Waals surface area contributed by atoms with Crippen LogP contribution in [0.15, 0.2) is 79.5 Å². The number of carbonyl (C=O) groups is 1. The number of nitrogens with one attached hydrogen (secondary N) is 2. The number of amides is 1. The van der Waals surface area contributed by atoms with Crippen LogP contribution in [-0.4, -0.2) is 30.7 Å². The molecule has 8 nitrogen and oxygen atoms in total. The van der Waals surface area contributed by atoms with Crippen molar-refractivity contribution in [3.8, 4) is 0 Å². The molecule has 2 aromatic heterocycles. The molecule has 0 aliphatic carbocycles. The molecule has 4 rings (SSSR count). The maximum absolute atomic E-state index is 12.9. The molecule has 0 saturated heterocycles. The van der Waals surface area contributed by atoms with Gasteiger partial charge in [-0.2, -0.15) is 0 Å². The highest BCUT2D eigenvalue weighted by molar-refractivity contribution is 6.04. The molecule has 0 radical (unpaired) electrons. The van der Waals surface area contributed by atoms with Gasteiger partial charge in [-0.1, -0.05) is 51.0 Å². The molecule has 4 N–H and O–H groups in total. The molecule has 2 heterocycles. The Kier molecular flexibility index (Phi) is 9.35. The van der Waals surface area contributed by atoms with Gasteiger partial charge >= 0.3 is 0 Å². The first-order valence-electron chi connectivity index (χ1n) is 13.2. The minimum atomic E-state index is -0.320. The van der Waals surface area contributed by atoms with Crippen LogP contribution < -0.4 is 11.1 Å². The van der Waals surface area contributed by atoms with Crippen LogP contribution in [0.2, 0.25) is 0 Å². The van der Waals surface area contributed by atoms with E-state index in [1.807, 2.05) is 54.7 Å². The molecule has 4 aromatic rings. The monoisotopic (exact) mass is 511 g/mol. The van der Waals surface area contributed by atoms with Crippen molar-refractivity contribution in [2.45, 2.75) is 64.7 Å². The van der Waals surface area contributed by atoms with Gasteiger partial charge in [0.1, 0.15) is 5.82 Å². The number of aromatic nitrogens is 4. The fraction of sp³-hybridized carbons (Fsp3) is 0.333. The molecule has 1 amide bonds. The standard InChI is InChI=1S/C30H37N7O/c1-3-13-30(31,14-4-2)25-9-11-26(12-10-25)36-29(38)24-7-5-23(6-8-24)20-37(22-28-34-17-18-35-28)21-27-19-32-15-16-33-27/h5-12,15-19H,3-4,13-14,20-22,31H2,1-2H3,(H,34,35)(H,36,38). The van der Waals surface area contributed by atoms with Crippen LogP contribution in [0.1, 0.15) is 72.5 Å². The molecule has 0 atom stereocenters. The molecule has 0 bridgehead atoms. The van der Waals surface area contributed by atoms with Gasteiger partial charge in [0, 0.05) is 60.9 Å². The number of nitrogens with zero attached hydrogens (tertiary/aromatic N) is 4. The van der Waals surface area contributed by atoms with Crippen LogP contribution >= 0.6 is 0 Å². The first-order chi connectivity index (χ1) is 18.5. The third kappa shape index (κ3) is 7.34. The Morgan fingerprint density at radius 3 is 2.26 bits per heavy atom. The van der Waals surface area contributed by atoms with Crippen LogP contribution in [0.4, 0.5) is 5.69 Å². The Bertz CT molecular complexity index is 1250. The van der Waals surface area contributed by atoms with Gasteiger partial charge in [-0.15, -0.1) is 0 Å². The lowest BCUT2D eigenvalue weighted by Crippen LogP contribution is -2.36. The lowest BCUT2D eigenvalue weighted by atomic mass is 9.83. The fourth-order valence-corrected chi connectivity index (χ4v) is 4.82. The van der Waals surface area contributed by atoms with E-state index in [-0.39, 0.29) is 11.4 Å². The van der Waals surface area contributed by atoms with Gasteiger partial charge in [0.15, 0.2) is 0 Å². The summed E-state index contributed by atoms with van der Waals surface area (Å²) in [4.78, 5) is 31.3. The summed E-state index contributed by atoms with van der Waals surface area (Å²) in [5.41, 5.74) is 10.8. The second kappa shape index (κ2) is 13.1. The van der Waals surface area contributed by atoms with Crippen molar-refractivity contribution in [3.05, 3.63) is 108 Å². The Morgan fingerprint density at radius 2 is 1.66 bits per heavy atom. The smallest absolute Gasteiger partial charge is 0.255 e. The van der Waals surface area contributed by atoms with Crippen molar-refractivity contribution in [1.29, 1.82) is 0 Å². The summed E-state index contributed by atoms with van der Waals surface area (Å²) in [6, 6.07) is 15.6. The normalized spacial score (nSPS) is 11.6. The van der Waals surface area contributed by atoms with Gasteiger partial charge in [-0.05, 0) is 48.2 Å². The summed E-state index contributed by atoms with van der Waals surface area (Å²) in [5.74, 6) is 0.740. The number of benzene rings is 2. The van der Waals surface area contributed by atoms with Crippen LogP contribution in [0.25, 0.3) is 0 Å². The number of imidazole rings is 1. The lowest BCUT2D eigenvalue weighted by molar-refractivity contribution is 0.102. The van der Waals surface area contributed by atoms with E-state index in [0.717, 1.165) is 54.0 Å². The van der Waals surface area contributed by atoms with Crippen molar-refractivity contribution < 1.29 is 4.79 Å². The van der Waals surface area contributed by atoms with E-state index in [2.05, 4.69) is 44.0 Å². The first-order valence-corrected chi connectivity index (χ1v) is 13.2. The minimum Gasteiger partial charge on any atom is -0.348 e. The number of aromatic amines is 1. The maximum Gasteiger partial charge on any atom is 0.255 e. The largest absolute Gasteiger partial charge is 0.348 e. The van der Waals surface area contributed by atoms with Gasteiger partial charge in [-0.25, -0.2) is 4.98 Å². The molecule has 38 heavy (non-hydrogen) atoms.